The number of hydrogen-bond donors (Lipinski definition) is 0. The highest BCUT2D eigenvalue weighted by Crippen LogP contribution is 2.31. The Hall–Kier alpha value is -0.563. The van der Waals surface area contributed by atoms with Gasteiger partial charge in [-0.3, -0.25) is 0 Å². The minimum atomic E-state index is -0.770. The van der Waals surface area contributed by atoms with E-state index in [0.717, 1.165) is 0 Å². The van der Waals surface area contributed by atoms with Gasteiger partial charge in [-0.25, -0.2) is 0 Å². The van der Waals surface area contributed by atoms with Gasteiger partial charge in [0.15, 0.2) is 0 Å². The molecule has 1 unspecified atom stereocenters. The molecular formula is C12H20Si. The monoisotopic (exact) mass is 192 g/mol. The van der Waals surface area contributed by atoms with Crippen molar-refractivity contribution in [2.75, 3.05) is 0 Å². The van der Waals surface area contributed by atoms with Crippen LogP contribution in [0.15, 0.2) is 30.3 Å². The SMILES string of the molecule is CCC(C)(C)[SiH](C)c1ccccc1. The zero-order valence-electron chi connectivity index (χ0n) is 9.17. The molecule has 1 rings (SSSR count). The van der Waals surface area contributed by atoms with Gasteiger partial charge in [-0.1, -0.05) is 69.3 Å². The summed E-state index contributed by atoms with van der Waals surface area (Å²) >= 11 is 0. The lowest BCUT2D eigenvalue weighted by atomic mass is 10.1. The summed E-state index contributed by atoms with van der Waals surface area (Å²) in [5, 5.41) is 2.14. The zero-order valence-corrected chi connectivity index (χ0v) is 10.3. The van der Waals surface area contributed by atoms with Gasteiger partial charge in [0, 0.05) is 0 Å². The first-order valence-corrected chi connectivity index (χ1v) is 7.44. The zero-order chi connectivity index (χ0) is 9.90. The van der Waals surface area contributed by atoms with Crippen molar-refractivity contribution in [1.29, 1.82) is 0 Å². The molecule has 0 amide bonds. The second kappa shape index (κ2) is 4.10. The molecule has 1 heteroatoms. The topological polar surface area (TPSA) is 0 Å². The Bertz CT molecular complexity index is 251. The molecule has 0 nitrogen and oxygen atoms in total. The fourth-order valence-corrected chi connectivity index (χ4v) is 3.81. The Kier molecular flexibility index (Phi) is 3.31. The molecule has 0 spiro atoms. The van der Waals surface area contributed by atoms with Crippen molar-refractivity contribution in [3.05, 3.63) is 30.3 Å². The van der Waals surface area contributed by atoms with Crippen molar-refractivity contribution in [3.63, 3.8) is 0 Å². The lowest BCUT2D eigenvalue weighted by Gasteiger charge is -2.29. The van der Waals surface area contributed by atoms with Crippen LogP contribution in [0.25, 0.3) is 0 Å². The molecule has 0 fully saturated rings. The van der Waals surface area contributed by atoms with Crippen molar-refractivity contribution < 1.29 is 0 Å². The number of rotatable bonds is 3. The van der Waals surface area contributed by atoms with E-state index in [9.17, 15) is 0 Å². The van der Waals surface area contributed by atoms with Crippen LogP contribution in [0.2, 0.25) is 11.6 Å². The van der Waals surface area contributed by atoms with Gasteiger partial charge >= 0.3 is 0 Å². The summed E-state index contributed by atoms with van der Waals surface area (Å²) in [5.74, 6) is 0. The van der Waals surface area contributed by atoms with E-state index in [-0.39, 0.29) is 0 Å². The van der Waals surface area contributed by atoms with Gasteiger partial charge in [-0.05, 0) is 5.04 Å². The Morgan fingerprint density at radius 3 is 2.15 bits per heavy atom. The van der Waals surface area contributed by atoms with Crippen LogP contribution < -0.4 is 5.19 Å². The van der Waals surface area contributed by atoms with E-state index >= 15 is 0 Å². The van der Waals surface area contributed by atoms with E-state index in [1.165, 1.54) is 6.42 Å². The lowest BCUT2D eigenvalue weighted by Crippen LogP contribution is -2.36. The molecule has 0 saturated heterocycles. The minimum Gasteiger partial charge on any atom is -0.0676 e. The maximum Gasteiger partial charge on any atom is 0.0733 e. The van der Waals surface area contributed by atoms with Crippen LogP contribution in [0.3, 0.4) is 0 Å². The highest BCUT2D eigenvalue weighted by Gasteiger charge is 2.25. The smallest absolute Gasteiger partial charge is 0.0676 e. The van der Waals surface area contributed by atoms with Gasteiger partial charge in [-0.15, -0.1) is 0 Å². The standard InChI is InChI=1S/C12H20Si/c1-5-12(2,3)13(4)11-9-7-6-8-10-11/h6-10,13H,5H2,1-4H3. The van der Waals surface area contributed by atoms with Gasteiger partial charge < -0.3 is 0 Å². The van der Waals surface area contributed by atoms with E-state index in [4.69, 9.17) is 0 Å². The molecule has 0 heterocycles. The van der Waals surface area contributed by atoms with E-state index in [1.54, 1.807) is 5.19 Å². The molecule has 0 aliphatic rings. The quantitative estimate of drug-likeness (QED) is 0.646. The van der Waals surface area contributed by atoms with Crippen LogP contribution in [0.1, 0.15) is 27.2 Å². The Labute approximate surface area is 83.6 Å². The molecular weight excluding hydrogens is 172 g/mol. The summed E-state index contributed by atoms with van der Waals surface area (Å²) < 4.78 is 0. The van der Waals surface area contributed by atoms with Gasteiger partial charge in [0.25, 0.3) is 0 Å². The lowest BCUT2D eigenvalue weighted by molar-refractivity contribution is 0.638. The maximum absolute atomic E-state index is 2.46. The molecule has 0 aliphatic carbocycles. The highest BCUT2D eigenvalue weighted by atomic mass is 28.3. The third-order valence-corrected chi connectivity index (χ3v) is 7.52. The molecule has 1 aromatic rings. The average Bonchev–Trinajstić information content (AvgIpc) is 2.18. The van der Waals surface area contributed by atoms with Gasteiger partial charge in [0.2, 0.25) is 0 Å². The molecule has 1 atom stereocenters. The summed E-state index contributed by atoms with van der Waals surface area (Å²) in [7, 11) is -0.770. The molecule has 0 bridgehead atoms. The molecule has 1 aromatic carbocycles. The van der Waals surface area contributed by atoms with Crippen LogP contribution in [-0.2, 0) is 0 Å². The molecule has 0 saturated carbocycles. The van der Waals surface area contributed by atoms with E-state index in [0.29, 0.717) is 5.04 Å². The largest absolute Gasteiger partial charge is 0.0733 e. The fourth-order valence-electron chi connectivity index (χ4n) is 1.50. The van der Waals surface area contributed by atoms with Crippen LogP contribution in [0, 0.1) is 0 Å². The second-order valence-corrected chi connectivity index (χ2v) is 8.15. The van der Waals surface area contributed by atoms with Gasteiger partial charge in [0.1, 0.15) is 0 Å². The number of benzene rings is 1. The normalized spacial score (nSPS) is 14.2. The van der Waals surface area contributed by atoms with Gasteiger partial charge in [0.05, 0.1) is 8.80 Å². The number of hydrogen-bond acceptors (Lipinski definition) is 0. The fraction of sp³-hybridized carbons (Fsp3) is 0.500. The van der Waals surface area contributed by atoms with Crippen molar-refractivity contribution in [2.24, 2.45) is 0 Å². The summed E-state index contributed by atoms with van der Waals surface area (Å²) in [6, 6.07) is 11.0. The summed E-state index contributed by atoms with van der Waals surface area (Å²) in [6.45, 7) is 9.55. The first-order chi connectivity index (χ1) is 6.08. The van der Waals surface area contributed by atoms with E-state index in [1.807, 2.05) is 0 Å². The van der Waals surface area contributed by atoms with Crippen LogP contribution in [0.5, 0.6) is 0 Å². The second-order valence-electron chi connectivity index (χ2n) is 4.47. The third kappa shape index (κ3) is 2.44. The van der Waals surface area contributed by atoms with E-state index < -0.39 is 8.80 Å². The predicted octanol–water partition coefficient (Wildman–Crippen LogP) is 2.94. The molecule has 0 aromatic heterocycles. The highest BCUT2D eigenvalue weighted by molar-refractivity contribution is 6.74. The van der Waals surface area contributed by atoms with Crippen LogP contribution >= 0.6 is 0 Å². The van der Waals surface area contributed by atoms with Crippen molar-refractivity contribution >= 4 is 14.0 Å². The first kappa shape index (κ1) is 10.5. The molecule has 0 radical (unpaired) electrons. The average molecular weight is 192 g/mol. The predicted molar refractivity (Wildman–Crippen MR) is 63.4 cm³/mol. The van der Waals surface area contributed by atoms with E-state index in [2.05, 4.69) is 57.7 Å². The van der Waals surface area contributed by atoms with Crippen molar-refractivity contribution in [3.8, 4) is 0 Å². The Morgan fingerprint density at radius 2 is 1.69 bits per heavy atom. The minimum absolute atomic E-state index is 0.543. The first-order valence-electron chi connectivity index (χ1n) is 5.13. The molecule has 0 N–H and O–H groups in total. The van der Waals surface area contributed by atoms with Gasteiger partial charge in [-0.2, -0.15) is 0 Å². The summed E-state index contributed by atoms with van der Waals surface area (Å²) in [6.07, 6.45) is 1.29. The maximum atomic E-state index is 2.46. The Morgan fingerprint density at radius 1 is 1.15 bits per heavy atom. The van der Waals surface area contributed by atoms with Crippen LogP contribution in [0.4, 0.5) is 0 Å². The summed E-state index contributed by atoms with van der Waals surface area (Å²) in [4.78, 5) is 0. The Balaban J connectivity index is 2.85. The molecule has 72 valence electrons. The molecule has 13 heavy (non-hydrogen) atoms. The van der Waals surface area contributed by atoms with Crippen LogP contribution in [-0.4, -0.2) is 8.80 Å². The van der Waals surface area contributed by atoms with Crippen molar-refractivity contribution in [1.82, 2.24) is 0 Å². The third-order valence-electron chi connectivity index (χ3n) is 3.38. The molecule has 0 aliphatic heterocycles. The van der Waals surface area contributed by atoms with Crippen molar-refractivity contribution in [2.45, 2.75) is 38.8 Å². The summed E-state index contributed by atoms with van der Waals surface area (Å²) in [5.41, 5.74) is 0.